The van der Waals surface area contributed by atoms with Crippen molar-refractivity contribution in [2.75, 3.05) is 12.4 Å². The van der Waals surface area contributed by atoms with E-state index in [-0.39, 0.29) is 0 Å². The van der Waals surface area contributed by atoms with Gasteiger partial charge in [-0.25, -0.2) is 0 Å². The first-order valence-corrected chi connectivity index (χ1v) is 5.74. The van der Waals surface area contributed by atoms with E-state index < -0.39 is 10.8 Å². The molecule has 0 radical (unpaired) electrons. The fraction of sp³-hybridized carbons (Fsp3) is 0.300. The molecule has 0 bridgehead atoms. The lowest BCUT2D eigenvalue weighted by Crippen LogP contribution is -2.20. The summed E-state index contributed by atoms with van der Waals surface area (Å²) in [7, 11) is -1.01. The van der Waals surface area contributed by atoms with Crippen molar-refractivity contribution >= 4 is 15.8 Å². The highest BCUT2D eigenvalue weighted by molar-refractivity contribution is 8.01. The van der Waals surface area contributed by atoms with E-state index >= 15 is 0 Å². The van der Waals surface area contributed by atoms with Gasteiger partial charge in [-0.05, 0) is 6.92 Å². The standard InChI is InChI=1S/C10H11NO2S/c1-8-2-4-9(5-3-8)10-11-13-6-7-14(10)12/h2-5H,6-7H2,1H3. The van der Waals surface area contributed by atoms with E-state index in [1.807, 2.05) is 31.2 Å². The van der Waals surface area contributed by atoms with Crippen LogP contribution in [0, 0.1) is 6.92 Å². The summed E-state index contributed by atoms with van der Waals surface area (Å²) < 4.78 is 11.6. The third-order valence-corrected chi connectivity index (χ3v) is 3.30. The van der Waals surface area contributed by atoms with Gasteiger partial charge in [-0.3, -0.25) is 4.21 Å². The molecule has 1 aromatic rings. The van der Waals surface area contributed by atoms with Gasteiger partial charge in [0.15, 0.2) is 5.04 Å². The highest BCUT2D eigenvalue weighted by Crippen LogP contribution is 2.10. The van der Waals surface area contributed by atoms with Gasteiger partial charge < -0.3 is 4.84 Å². The summed E-state index contributed by atoms with van der Waals surface area (Å²) in [5, 5.41) is 4.38. The molecule has 14 heavy (non-hydrogen) atoms. The summed E-state index contributed by atoms with van der Waals surface area (Å²) >= 11 is 0. The predicted octanol–water partition coefficient (Wildman–Crippen LogP) is 1.44. The van der Waals surface area contributed by atoms with Crippen LogP contribution < -0.4 is 0 Å². The van der Waals surface area contributed by atoms with E-state index in [1.54, 1.807) is 0 Å². The molecule has 0 fully saturated rings. The molecular weight excluding hydrogens is 198 g/mol. The van der Waals surface area contributed by atoms with Crippen LogP contribution in [0.3, 0.4) is 0 Å². The van der Waals surface area contributed by atoms with Gasteiger partial charge in [0.1, 0.15) is 6.61 Å². The number of oxime groups is 1. The summed E-state index contributed by atoms with van der Waals surface area (Å²) in [6.45, 7) is 2.46. The minimum absolute atomic E-state index is 0.446. The molecule has 1 heterocycles. The quantitative estimate of drug-likeness (QED) is 0.702. The van der Waals surface area contributed by atoms with E-state index in [9.17, 15) is 4.21 Å². The number of hydrogen-bond donors (Lipinski definition) is 0. The number of hydrogen-bond acceptors (Lipinski definition) is 3. The zero-order valence-electron chi connectivity index (χ0n) is 7.90. The third kappa shape index (κ3) is 1.85. The third-order valence-electron chi connectivity index (χ3n) is 2.02. The van der Waals surface area contributed by atoms with Gasteiger partial charge >= 0.3 is 0 Å². The van der Waals surface area contributed by atoms with Gasteiger partial charge in [-0.1, -0.05) is 35.0 Å². The van der Waals surface area contributed by atoms with Crippen molar-refractivity contribution in [3.05, 3.63) is 35.4 Å². The van der Waals surface area contributed by atoms with Crippen LogP contribution in [0.15, 0.2) is 29.4 Å². The summed E-state index contributed by atoms with van der Waals surface area (Å²) in [6, 6.07) is 7.79. The van der Waals surface area contributed by atoms with Crippen LogP contribution in [0.25, 0.3) is 0 Å². The van der Waals surface area contributed by atoms with Gasteiger partial charge in [0.05, 0.1) is 16.6 Å². The van der Waals surface area contributed by atoms with Crippen LogP contribution in [-0.4, -0.2) is 21.6 Å². The Morgan fingerprint density at radius 1 is 1.36 bits per heavy atom. The maximum absolute atomic E-state index is 11.6. The van der Waals surface area contributed by atoms with E-state index in [4.69, 9.17) is 4.84 Å². The average Bonchev–Trinajstić information content (AvgIpc) is 2.20. The highest BCUT2D eigenvalue weighted by atomic mass is 32.2. The monoisotopic (exact) mass is 209 g/mol. The van der Waals surface area contributed by atoms with E-state index in [0.717, 1.165) is 5.56 Å². The van der Waals surface area contributed by atoms with Gasteiger partial charge in [0.2, 0.25) is 0 Å². The predicted molar refractivity (Wildman–Crippen MR) is 56.7 cm³/mol. The van der Waals surface area contributed by atoms with Gasteiger partial charge in [0.25, 0.3) is 0 Å². The molecule has 1 aliphatic heterocycles. The first kappa shape index (κ1) is 9.40. The van der Waals surface area contributed by atoms with E-state index in [2.05, 4.69) is 5.16 Å². The largest absolute Gasteiger partial charge is 0.394 e. The number of nitrogens with zero attached hydrogens (tertiary/aromatic N) is 1. The van der Waals surface area contributed by atoms with Crippen molar-refractivity contribution in [3.8, 4) is 0 Å². The topological polar surface area (TPSA) is 38.7 Å². The fourth-order valence-corrected chi connectivity index (χ4v) is 2.19. The minimum Gasteiger partial charge on any atom is -0.394 e. The Labute approximate surface area is 85.2 Å². The smallest absolute Gasteiger partial charge is 0.173 e. The maximum Gasteiger partial charge on any atom is 0.173 e. The normalized spacial score (nSPS) is 21.2. The molecule has 0 amide bonds. The first-order valence-electron chi connectivity index (χ1n) is 4.43. The zero-order valence-corrected chi connectivity index (χ0v) is 8.71. The van der Waals surface area contributed by atoms with Crippen molar-refractivity contribution in [3.63, 3.8) is 0 Å². The van der Waals surface area contributed by atoms with Crippen LogP contribution in [0.4, 0.5) is 0 Å². The molecule has 0 spiro atoms. The Kier molecular flexibility index (Phi) is 2.63. The Morgan fingerprint density at radius 3 is 2.71 bits per heavy atom. The molecule has 1 aromatic carbocycles. The zero-order chi connectivity index (χ0) is 9.97. The van der Waals surface area contributed by atoms with Crippen LogP contribution >= 0.6 is 0 Å². The van der Waals surface area contributed by atoms with Crippen LogP contribution in [0.2, 0.25) is 0 Å². The molecule has 1 unspecified atom stereocenters. The second-order valence-electron chi connectivity index (χ2n) is 3.15. The Bertz CT molecular complexity index is 384. The molecule has 2 rings (SSSR count). The van der Waals surface area contributed by atoms with Crippen LogP contribution in [0.1, 0.15) is 11.1 Å². The number of rotatable bonds is 1. The second kappa shape index (κ2) is 3.92. The number of aryl methyl sites for hydroxylation is 1. The molecule has 1 atom stereocenters. The molecule has 1 aliphatic rings. The Balaban J connectivity index is 2.34. The SMILES string of the molecule is Cc1ccc(C2=NOCCS2=O)cc1. The molecule has 0 N–H and O–H groups in total. The molecular formula is C10H11NO2S. The molecule has 0 saturated heterocycles. The molecule has 0 aliphatic carbocycles. The molecule has 0 aromatic heterocycles. The molecule has 4 heteroatoms. The van der Waals surface area contributed by atoms with Gasteiger partial charge in [-0.2, -0.15) is 0 Å². The summed E-state index contributed by atoms with van der Waals surface area (Å²) in [5.74, 6) is 0.534. The fourth-order valence-electron chi connectivity index (χ4n) is 1.24. The lowest BCUT2D eigenvalue weighted by Gasteiger charge is -2.11. The molecule has 3 nitrogen and oxygen atoms in total. The molecule has 74 valence electrons. The Morgan fingerprint density at radius 2 is 2.07 bits per heavy atom. The first-order chi connectivity index (χ1) is 6.77. The van der Waals surface area contributed by atoms with Gasteiger partial charge in [0, 0.05) is 5.56 Å². The minimum atomic E-state index is -1.01. The highest BCUT2D eigenvalue weighted by Gasteiger charge is 2.16. The van der Waals surface area contributed by atoms with Gasteiger partial charge in [-0.15, -0.1) is 0 Å². The summed E-state index contributed by atoms with van der Waals surface area (Å²) in [5.41, 5.74) is 2.06. The second-order valence-corrected chi connectivity index (χ2v) is 4.63. The molecule has 0 saturated carbocycles. The lowest BCUT2D eigenvalue weighted by atomic mass is 10.2. The van der Waals surface area contributed by atoms with Crippen molar-refractivity contribution in [2.24, 2.45) is 5.16 Å². The van der Waals surface area contributed by atoms with Crippen molar-refractivity contribution in [1.82, 2.24) is 0 Å². The summed E-state index contributed by atoms with van der Waals surface area (Å²) in [6.07, 6.45) is 0. The average molecular weight is 209 g/mol. The van der Waals surface area contributed by atoms with Crippen LogP contribution in [-0.2, 0) is 15.6 Å². The lowest BCUT2D eigenvalue weighted by molar-refractivity contribution is 0.159. The van der Waals surface area contributed by atoms with Crippen LogP contribution in [0.5, 0.6) is 0 Å². The Hall–Kier alpha value is -1.16. The van der Waals surface area contributed by atoms with Crippen molar-refractivity contribution in [2.45, 2.75) is 6.92 Å². The number of benzene rings is 1. The van der Waals surface area contributed by atoms with E-state index in [1.165, 1.54) is 5.56 Å². The van der Waals surface area contributed by atoms with Crippen molar-refractivity contribution in [1.29, 1.82) is 0 Å². The van der Waals surface area contributed by atoms with E-state index in [0.29, 0.717) is 17.4 Å². The maximum atomic E-state index is 11.6. The summed E-state index contributed by atoms with van der Waals surface area (Å²) in [4.78, 5) is 4.93. The van der Waals surface area contributed by atoms with Crippen molar-refractivity contribution < 1.29 is 9.05 Å².